The fourth-order valence-electron chi connectivity index (χ4n) is 1.66. The molecular formula is C14H14N2O2. The van der Waals surface area contributed by atoms with Gasteiger partial charge in [-0.1, -0.05) is 12.1 Å². The van der Waals surface area contributed by atoms with Gasteiger partial charge < -0.3 is 10.4 Å². The summed E-state index contributed by atoms with van der Waals surface area (Å²) in [5.74, 6) is -0.0943. The first kappa shape index (κ1) is 12.3. The first-order valence-corrected chi connectivity index (χ1v) is 5.63. The van der Waals surface area contributed by atoms with E-state index in [-0.39, 0.29) is 12.5 Å². The lowest BCUT2D eigenvalue weighted by atomic mass is 10.1. The fourth-order valence-corrected chi connectivity index (χ4v) is 1.66. The molecule has 0 aliphatic heterocycles. The second-order valence-electron chi connectivity index (χ2n) is 3.97. The Bertz CT molecular complexity index is 550. The minimum Gasteiger partial charge on any atom is -0.392 e. The number of hydrogen-bond donors (Lipinski definition) is 2. The van der Waals surface area contributed by atoms with Gasteiger partial charge in [-0.05, 0) is 29.8 Å². The molecule has 1 heterocycles. The van der Waals surface area contributed by atoms with E-state index in [2.05, 4.69) is 10.3 Å². The Balaban J connectivity index is 2.25. The lowest BCUT2D eigenvalue weighted by molar-refractivity contribution is -0.114. The monoisotopic (exact) mass is 242 g/mol. The topological polar surface area (TPSA) is 62.2 Å². The summed E-state index contributed by atoms with van der Waals surface area (Å²) in [4.78, 5) is 15.2. The molecule has 0 fully saturated rings. The number of aliphatic hydroxyl groups excluding tert-OH is 1. The minimum absolute atomic E-state index is 0.000500. The van der Waals surface area contributed by atoms with Crippen LogP contribution in [0.2, 0.25) is 0 Å². The van der Waals surface area contributed by atoms with Crippen LogP contribution in [-0.4, -0.2) is 16.0 Å². The third-order valence-corrected chi connectivity index (χ3v) is 2.51. The maximum Gasteiger partial charge on any atom is 0.221 e. The van der Waals surface area contributed by atoms with Crippen LogP contribution in [0.4, 0.5) is 5.69 Å². The van der Waals surface area contributed by atoms with Gasteiger partial charge >= 0.3 is 0 Å². The first-order valence-electron chi connectivity index (χ1n) is 5.63. The summed E-state index contributed by atoms with van der Waals surface area (Å²) in [6, 6.07) is 11.0. The number of nitrogens with zero attached hydrogens (tertiary/aromatic N) is 1. The van der Waals surface area contributed by atoms with Crippen molar-refractivity contribution >= 4 is 11.6 Å². The van der Waals surface area contributed by atoms with Crippen molar-refractivity contribution in [2.75, 3.05) is 5.32 Å². The lowest BCUT2D eigenvalue weighted by Gasteiger charge is -2.05. The van der Waals surface area contributed by atoms with Crippen molar-refractivity contribution in [2.24, 2.45) is 0 Å². The van der Waals surface area contributed by atoms with Crippen LogP contribution >= 0.6 is 0 Å². The SMILES string of the molecule is CC(=O)Nc1ccc(-c2cc(CO)ccn2)cc1. The van der Waals surface area contributed by atoms with Gasteiger partial charge in [0.15, 0.2) is 0 Å². The number of pyridine rings is 1. The average Bonchev–Trinajstić information content (AvgIpc) is 2.39. The van der Waals surface area contributed by atoms with Crippen molar-refractivity contribution in [2.45, 2.75) is 13.5 Å². The summed E-state index contributed by atoms with van der Waals surface area (Å²) < 4.78 is 0. The number of anilines is 1. The third kappa shape index (κ3) is 2.93. The van der Waals surface area contributed by atoms with Gasteiger partial charge in [-0.2, -0.15) is 0 Å². The van der Waals surface area contributed by atoms with Gasteiger partial charge in [0.1, 0.15) is 0 Å². The molecule has 0 unspecified atom stereocenters. The Morgan fingerprint density at radius 2 is 2.00 bits per heavy atom. The van der Waals surface area contributed by atoms with E-state index >= 15 is 0 Å². The number of hydrogen-bond acceptors (Lipinski definition) is 3. The molecule has 18 heavy (non-hydrogen) atoms. The average molecular weight is 242 g/mol. The molecule has 1 amide bonds. The summed E-state index contributed by atoms with van der Waals surface area (Å²) in [5.41, 5.74) is 3.32. The lowest BCUT2D eigenvalue weighted by Crippen LogP contribution is -2.05. The van der Waals surface area contributed by atoms with E-state index < -0.39 is 0 Å². The maximum atomic E-state index is 10.9. The molecule has 92 valence electrons. The highest BCUT2D eigenvalue weighted by atomic mass is 16.3. The molecule has 0 radical (unpaired) electrons. The molecule has 2 rings (SSSR count). The van der Waals surface area contributed by atoms with Crippen molar-refractivity contribution in [1.29, 1.82) is 0 Å². The van der Waals surface area contributed by atoms with Gasteiger partial charge in [-0.25, -0.2) is 0 Å². The molecule has 1 aromatic heterocycles. The molecular weight excluding hydrogens is 228 g/mol. The normalized spacial score (nSPS) is 10.1. The predicted molar refractivity (Wildman–Crippen MR) is 69.9 cm³/mol. The molecule has 0 saturated carbocycles. The van der Waals surface area contributed by atoms with E-state index in [0.717, 1.165) is 22.5 Å². The van der Waals surface area contributed by atoms with Crippen LogP contribution in [0.1, 0.15) is 12.5 Å². The third-order valence-electron chi connectivity index (χ3n) is 2.51. The largest absolute Gasteiger partial charge is 0.392 e. The summed E-state index contributed by atoms with van der Waals surface area (Å²) in [6.45, 7) is 1.47. The molecule has 0 bridgehead atoms. The number of amides is 1. The Labute approximate surface area is 105 Å². The van der Waals surface area contributed by atoms with Crippen molar-refractivity contribution in [3.8, 4) is 11.3 Å². The highest BCUT2D eigenvalue weighted by molar-refractivity contribution is 5.88. The zero-order chi connectivity index (χ0) is 13.0. The second-order valence-corrected chi connectivity index (χ2v) is 3.97. The van der Waals surface area contributed by atoms with Gasteiger partial charge in [0.05, 0.1) is 12.3 Å². The molecule has 0 spiro atoms. The molecule has 0 aliphatic rings. The zero-order valence-electron chi connectivity index (χ0n) is 10.1. The summed E-state index contributed by atoms with van der Waals surface area (Å²) in [7, 11) is 0. The van der Waals surface area contributed by atoms with Crippen LogP contribution in [0.15, 0.2) is 42.6 Å². The maximum absolute atomic E-state index is 10.9. The van der Waals surface area contributed by atoms with E-state index in [0.29, 0.717) is 0 Å². The van der Waals surface area contributed by atoms with Crippen molar-refractivity contribution in [3.63, 3.8) is 0 Å². The highest BCUT2D eigenvalue weighted by Gasteiger charge is 2.01. The Kier molecular flexibility index (Phi) is 3.69. The molecule has 2 aromatic rings. The number of aromatic nitrogens is 1. The van der Waals surface area contributed by atoms with E-state index in [1.807, 2.05) is 30.3 Å². The van der Waals surface area contributed by atoms with Gasteiger partial charge in [-0.15, -0.1) is 0 Å². The molecule has 1 aromatic carbocycles. The summed E-state index contributed by atoms with van der Waals surface area (Å²) >= 11 is 0. The number of nitrogens with one attached hydrogen (secondary N) is 1. The van der Waals surface area contributed by atoms with Crippen LogP contribution in [-0.2, 0) is 11.4 Å². The van der Waals surface area contributed by atoms with Crippen molar-refractivity contribution < 1.29 is 9.90 Å². The Morgan fingerprint density at radius 3 is 2.61 bits per heavy atom. The molecule has 4 heteroatoms. The fraction of sp³-hybridized carbons (Fsp3) is 0.143. The standard InChI is InChI=1S/C14H14N2O2/c1-10(18)16-13-4-2-12(3-5-13)14-8-11(9-17)6-7-15-14/h2-8,17H,9H2,1H3,(H,16,18). The van der Waals surface area contributed by atoms with Gasteiger partial charge in [-0.3, -0.25) is 9.78 Å². The van der Waals surface area contributed by atoms with Crippen molar-refractivity contribution in [1.82, 2.24) is 4.98 Å². The Hall–Kier alpha value is -2.20. The number of carbonyl (C=O) groups is 1. The highest BCUT2D eigenvalue weighted by Crippen LogP contribution is 2.20. The van der Waals surface area contributed by atoms with Gasteiger partial charge in [0, 0.05) is 24.4 Å². The first-order chi connectivity index (χ1) is 8.69. The zero-order valence-corrected chi connectivity index (χ0v) is 10.1. The number of rotatable bonds is 3. The summed E-state index contributed by atoms with van der Waals surface area (Å²) in [5, 5.41) is 11.8. The molecule has 4 nitrogen and oxygen atoms in total. The van der Waals surface area contributed by atoms with Crippen molar-refractivity contribution in [3.05, 3.63) is 48.2 Å². The number of benzene rings is 1. The molecule has 2 N–H and O–H groups in total. The quantitative estimate of drug-likeness (QED) is 0.867. The van der Waals surface area contributed by atoms with Gasteiger partial charge in [0.25, 0.3) is 0 Å². The minimum atomic E-state index is -0.0943. The van der Waals surface area contributed by atoms with E-state index in [1.54, 1.807) is 12.3 Å². The van der Waals surface area contributed by atoms with Gasteiger partial charge in [0.2, 0.25) is 5.91 Å². The molecule has 0 aliphatic carbocycles. The molecule has 0 atom stereocenters. The van der Waals surface area contributed by atoms with Crippen LogP contribution in [0.25, 0.3) is 11.3 Å². The van der Waals surface area contributed by atoms with E-state index in [1.165, 1.54) is 6.92 Å². The van der Waals surface area contributed by atoms with Crippen LogP contribution in [0.5, 0.6) is 0 Å². The Morgan fingerprint density at radius 1 is 1.28 bits per heavy atom. The predicted octanol–water partition coefficient (Wildman–Crippen LogP) is 2.20. The van der Waals surface area contributed by atoms with Crippen LogP contribution in [0.3, 0.4) is 0 Å². The van der Waals surface area contributed by atoms with Crippen LogP contribution in [0, 0.1) is 0 Å². The second kappa shape index (κ2) is 5.42. The number of carbonyl (C=O) groups excluding carboxylic acids is 1. The van der Waals surface area contributed by atoms with E-state index in [9.17, 15) is 4.79 Å². The summed E-state index contributed by atoms with van der Waals surface area (Å²) in [6.07, 6.45) is 1.67. The molecule has 0 saturated heterocycles. The van der Waals surface area contributed by atoms with Crippen LogP contribution < -0.4 is 5.32 Å². The van der Waals surface area contributed by atoms with E-state index in [4.69, 9.17) is 5.11 Å². The number of aliphatic hydroxyl groups is 1. The smallest absolute Gasteiger partial charge is 0.221 e.